The van der Waals surface area contributed by atoms with Crippen LogP contribution >= 0.6 is 0 Å². The number of halogens is 1. The second-order valence-corrected chi connectivity index (χ2v) is 7.36. The topological polar surface area (TPSA) is 107 Å². The number of aryl methyl sites for hydroxylation is 1. The first-order chi connectivity index (χ1) is 14.8. The first kappa shape index (κ1) is 22.3. The number of nitrogen functional groups attached to an aromatic ring is 1. The molecule has 0 radical (unpaired) electrons. The van der Waals surface area contributed by atoms with Gasteiger partial charge in [0.05, 0.1) is 24.8 Å². The Hall–Kier alpha value is -3.36. The van der Waals surface area contributed by atoms with Gasteiger partial charge in [0, 0.05) is 19.1 Å². The van der Waals surface area contributed by atoms with Crippen LogP contribution in [-0.4, -0.2) is 54.6 Å². The highest BCUT2D eigenvalue weighted by atomic mass is 19.1. The minimum absolute atomic E-state index is 0.0435. The zero-order chi connectivity index (χ0) is 22.5. The number of carbonyl (C=O) groups excluding carboxylic acids is 2. The third kappa shape index (κ3) is 5.04. The summed E-state index contributed by atoms with van der Waals surface area (Å²) >= 11 is 0. The van der Waals surface area contributed by atoms with Crippen LogP contribution in [0.5, 0.6) is 5.75 Å². The average molecular weight is 430 g/mol. The summed E-state index contributed by atoms with van der Waals surface area (Å²) in [5.74, 6) is -0.107. The van der Waals surface area contributed by atoms with Crippen LogP contribution in [-0.2, 0) is 4.74 Å². The molecule has 2 aromatic rings. The van der Waals surface area contributed by atoms with Gasteiger partial charge >= 0.3 is 6.09 Å². The number of hydrogen-bond donors (Lipinski definition) is 2. The van der Waals surface area contributed by atoms with Crippen LogP contribution in [0.15, 0.2) is 24.3 Å². The van der Waals surface area contributed by atoms with Crippen molar-refractivity contribution in [2.75, 3.05) is 37.9 Å². The number of aromatic nitrogens is 1. The third-order valence-electron chi connectivity index (χ3n) is 5.27. The van der Waals surface area contributed by atoms with Gasteiger partial charge in [-0.25, -0.2) is 14.2 Å². The molecule has 3 N–H and O–H groups in total. The smallest absolute Gasteiger partial charge is 0.409 e. The molecular weight excluding hydrogens is 403 g/mol. The molecule has 8 nitrogen and oxygen atoms in total. The molecule has 3 rings (SSSR count). The fourth-order valence-electron chi connectivity index (χ4n) is 3.52. The zero-order valence-corrected chi connectivity index (χ0v) is 17.9. The number of methoxy groups -OCH3 is 1. The number of anilines is 2. The van der Waals surface area contributed by atoms with Crippen LogP contribution in [0.3, 0.4) is 0 Å². The van der Waals surface area contributed by atoms with Gasteiger partial charge < -0.3 is 25.4 Å². The Kier molecular flexibility index (Phi) is 6.94. The van der Waals surface area contributed by atoms with Gasteiger partial charge in [-0.15, -0.1) is 0 Å². The van der Waals surface area contributed by atoms with E-state index >= 15 is 0 Å². The molecule has 0 unspecified atom stereocenters. The maximum atomic E-state index is 14.0. The number of piperidine rings is 1. The number of nitrogens with two attached hydrogens (primary N) is 1. The summed E-state index contributed by atoms with van der Waals surface area (Å²) in [6, 6.07) is 5.98. The number of nitrogens with one attached hydrogen (secondary N) is 1. The summed E-state index contributed by atoms with van der Waals surface area (Å²) in [5, 5.41) is 3.29. The fraction of sp³-hybridized carbons (Fsp3) is 0.409. The van der Waals surface area contributed by atoms with Crippen molar-refractivity contribution in [3.63, 3.8) is 0 Å². The third-order valence-corrected chi connectivity index (χ3v) is 5.27. The van der Waals surface area contributed by atoms with Crippen molar-refractivity contribution in [3.8, 4) is 5.75 Å². The average Bonchev–Trinajstić information content (AvgIpc) is 2.75. The lowest BCUT2D eigenvalue weighted by atomic mass is 10.0. The minimum Gasteiger partial charge on any atom is -0.496 e. The number of carbonyl (C=O) groups is 2. The molecule has 1 aliphatic heterocycles. The molecule has 1 fully saturated rings. The van der Waals surface area contributed by atoms with Gasteiger partial charge in [-0.05, 0) is 56.5 Å². The van der Waals surface area contributed by atoms with E-state index in [1.807, 2.05) is 0 Å². The van der Waals surface area contributed by atoms with E-state index in [1.165, 1.54) is 13.2 Å². The second-order valence-electron chi connectivity index (χ2n) is 7.36. The predicted octanol–water partition coefficient (Wildman–Crippen LogP) is 3.38. The molecule has 0 bridgehead atoms. The quantitative estimate of drug-likeness (QED) is 0.677. The number of likely N-dealkylation sites (tertiary alicyclic amines) is 1. The lowest BCUT2D eigenvalue weighted by Gasteiger charge is -2.31. The van der Waals surface area contributed by atoms with Crippen LogP contribution in [0, 0.1) is 12.7 Å². The Labute approximate surface area is 180 Å². The Morgan fingerprint density at radius 2 is 1.97 bits per heavy atom. The Balaban J connectivity index is 1.69. The van der Waals surface area contributed by atoms with Crippen molar-refractivity contribution < 1.29 is 23.5 Å². The molecule has 2 heterocycles. The molecule has 1 aliphatic rings. The lowest BCUT2D eigenvalue weighted by Crippen LogP contribution is -2.42. The molecular formula is C22H27FN4O4. The van der Waals surface area contributed by atoms with Crippen LogP contribution in [0.25, 0.3) is 0 Å². The molecule has 0 aliphatic carbocycles. The summed E-state index contributed by atoms with van der Waals surface area (Å²) in [6.45, 7) is 4.90. The molecule has 31 heavy (non-hydrogen) atoms. The molecule has 1 aromatic carbocycles. The fourth-order valence-corrected chi connectivity index (χ4v) is 3.52. The first-order valence-corrected chi connectivity index (χ1v) is 10.2. The lowest BCUT2D eigenvalue weighted by molar-refractivity contribution is 0.0982. The van der Waals surface area contributed by atoms with Crippen molar-refractivity contribution in [1.29, 1.82) is 0 Å². The monoisotopic (exact) mass is 430 g/mol. The number of amides is 1. The highest BCUT2D eigenvalue weighted by Crippen LogP contribution is 2.27. The van der Waals surface area contributed by atoms with E-state index in [9.17, 15) is 14.0 Å². The molecule has 0 saturated carbocycles. The number of pyridine rings is 1. The second kappa shape index (κ2) is 9.63. The van der Waals surface area contributed by atoms with E-state index < -0.39 is 11.6 Å². The SMILES string of the molecule is CCOC(=O)N1CCC(Nc2ccc(C(=O)c3cc(F)c(C)cc3OC)c(N)n2)CC1. The van der Waals surface area contributed by atoms with Crippen molar-refractivity contribution in [3.05, 3.63) is 46.8 Å². The summed E-state index contributed by atoms with van der Waals surface area (Å²) in [4.78, 5) is 30.7. The van der Waals surface area contributed by atoms with E-state index in [-0.39, 0.29) is 34.8 Å². The van der Waals surface area contributed by atoms with Gasteiger partial charge in [0.1, 0.15) is 23.2 Å². The van der Waals surface area contributed by atoms with Crippen LogP contribution in [0.1, 0.15) is 41.3 Å². The molecule has 1 saturated heterocycles. The highest BCUT2D eigenvalue weighted by Gasteiger charge is 2.24. The summed E-state index contributed by atoms with van der Waals surface area (Å²) < 4.78 is 24.3. The first-order valence-electron chi connectivity index (χ1n) is 10.2. The Morgan fingerprint density at radius 3 is 2.58 bits per heavy atom. The Bertz CT molecular complexity index is 974. The van der Waals surface area contributed by atoms with Crippen LogP contribution in [0.4, 0.5) is 20.8 Å². The van der Waals surface area contributed by atoms with Crippen LogP contribution in [0.2, 0.25) is 0 Å². The number of hydrogen-bond acceptors (Lipinski definition) is 7. The predicted molar refractivity (Wildman–Crippen MR) is 115 cm³/mol. The number of ether oxygens (including phenoxy) is 2. The van der Waals surface area contributed by atoms with Gasteiger partial charge in [0.15, 0.2) is 0 Å². The zero-order valence-electron chi connectivity index (χ0n) is 17.9. The largest absolute Gasteiger partial charge is 0.496 e. The minimum atomic E-state index is -0.497. The van der Waals surface area contributed by atoms with E-state index in [1.54, 1.807) is 30.9 Å². The van der Waals surface area contributed by atoms with E-state index in [2.05, 4.69) is 10.3 Å². The molecule has 1 aromatic heterocycles. The normalized spacial score (nSPS) is 14.3. The summed E-state index contributed by atoms with van der Waals surface area (Å²) in [7, 11) is 1.42. The standard InChI is InChI=1S/C22H27FN4O4/c1-4-31-22(29)27-9-7-14(8-10-27)25-19-6-5-15(21(24)26-19)20(28)16-12-17(23)13(2)11-18(16)30-3/h5-6,11-12,14H,4,7-10H2,1-3H3,(H3,24,25,26). The molecule has 0 atom stereocenters. The molecule has 0 spiro atoms. The number of nitrogens with zero attached hydrogens (tertiary/aromatic N) is 2. The van der Waals surface area contributed by atoms with Crippen molar-refractivity contribution >= 4 is 23.5 Å². The van der Waals surface area contributed by atoms with Crippen molar-refractivity contribution in [2.24, 2.45) is 0 Å². The maximum absolute atomic E-state index is 14.0. The van der Waals surface area contributed by atoms with Crippen molar-refractivity contribution in [1.82, 2.24) is 9.88 Å². The van der Waals surface area contributed by atoms with Gasteiger partial charge in [0.25, 0.3) is 0 Å². The number of ketones is 1. The van der Waals surface area contributed by atoms with Gasteiger partial charge in [0.2, 0.25) is 5.78 Å². The van der Waals surface area contributed by atoms with Crippen LogP contribution < -0.4 is 15.8 Å². The molecule has 1 amide bonds. The van der Waals surface area contributed by atoms with E-state index in [0.29, 0.717) is 31.1 Å². The number of benzene rings is 1. The van der Waals surface area contributed by atoms with Crippen molar-refractivity contribution in [2.45, 2.75) is 32.7 Å². The van der Waals surface area contributed by atoms with E-state index in [0.717, 1.165) is 18.9 Å². The maximum Gasteiger partial charge on any atom is 0.409 e. The number of rotatable bonds is 6. The van der Waals surface area contributed by atoms with Gasteiger partial charge in [-0.2, -0.15) is 0 Å². The van der Waals surface area contributed by atoms with E-state index in [4.69, 9.17) is 15.2 Å². The summed E-state index contributed by atoms with van der Waals surface area (Å²) in [5.41, 5.74) is 6.69. The van der Waals surface area contributed by atoms with Gasteiger partial charge in [-0.1, -0.05) is 0 Å². The highest BCUT2D eigenvalue weighted by molar-refractivity contribution is 6.13. The Morgan fingerprint density at radius 1 is 1.26 bits per heavy atom. The molecule has 166 valence electrons. The van der Waals surface area contributed by atoms with Gasteiger partial charge in [-0.3, -0.25) is 4.79 Å². The molecule has 9 heteroatoms. The summed E-state index contributed by atoms with van der Waals surface area (Å²) in [6.07, 6.45) is 1.18.